The summed E-state index contributed by atoms with van der Waals surface area (Å²) >= 11 is 0. The van der Waals surface area contributed by atoms with Gasteiger partial charge in [-0.25, -0.2) is 0 Å². The van der Waals surface area contributed by atoms with Gasteiger partial charge in [-0.2, -0.15) is 5.10 Å². The molecule has 0 radical (unpaired) electrons. The van der Waals surface area contributed by atoms with E-state index in [9.17, 15) is 9.59 Å². The molecule has 11 nitrogen and oxygen atoms in total. The Morgan fingerprint density at radius 1 is 1.00 bits per heavy atom. The smallest absolute Gasteiger partial charge is 0.318 e. The summed E-state index contributed by atoms with van der Waals surface area (Å²) in [7, 11) is 0. The largest absolute Gasteiger partial charge is 0.462 e. The summed E-state index contributed by atoms with van der Waals surface area (Å²) in [6, 6.07) is 0. The molecule has 4 aliphatic heterocycles. The lowest BCUT2D eigenvalue weighted by Crippen LogP contribution is -2.58. The summed E-state index contributed by atoms with van der Waals surface area (Å²) in [6.45, 7) is 14.5. The first-order valence-electron chi connectivity index (χ1n) is 11.4. The van der Waals surface area contributed by atoms with Gasteiger partial charge >= 0.3 is 5.97 Å². The van der Waals surface area contributed by atoms with Crippen LogP contribution < -0.4 is 10.7 Å². The van der Waals surface area contributed by atoms with Crippen molar-refractivity contribution < 1.29 is 38.0 Å². The zero-order chi connectivity index (χ0) is 24.3. The van der Waals surface area contributed by atoms with Crippen molar-refractivity contribution in [2.75, 3.05) is 6.54 Å². The predicted molar refractivity (Wildman–Crippen MR) is 115 cm³/mol. The molecule has 6 atom stereocenters. The number of nitrogens with one attached hydrogen (secondary N) is 2. The molecule has 4 heterocycles. The van der Waals surface area contributed by atoms with E-state index in [4.69, 9.17) is 28.4 Å². The summed E-state index contributed by atoms with van der Waals surface area (Å²) in [5, 5.41) is 6.97. The summed E-state index contributed by atoms with van der Waals surface area (Å²) in [4.78, 5) is 25.7. The third-order valence-corrected chi connectivity index (χ3v) is 5.99. The van der Waals surface area contributed by atoms with Gasteiger partial charge in [0.1, 0.15) is 36.0 Å². The molecule has 0 saturated carbocycles. The summed E-state index contributed by atoms with van der Waals surface area (Å²) in [5.41, 5.74) is 2.18. The van der Waals surface area contributed by atoms with Crippen molar-refractivity contribution >= 4 is 17.6 Å². The van der Waals surface area contributed by atoms with E-state index in [1.54, 1.807) is 27.7 Å². The van der Waals surface area contributed by atoms with Gasteiger partial charge in [-0.1, -0.05) is 0 Å². The van der Waals surface area contributed by atoms with E-state index in [1.807, 2.05) is 27.7 Å². The average molecular weight is 470 g/mol. The molecule has 4 aliphatic rings. The van der Waals surface area contributed by atoms with Crippen molar-refractivity contribution in [3.05, 3.63) is 0 Å². The van der Waals surface area contributed by atoms with Crippen LogP contribution in [0.15, 0.2) is 5.10 Å². The van der Waals surface area contributed by atoms with E-state index < -0.39 is 65.6 Å². The molecule has 11 heteroatoms. The van der Waals surface area contributed by atoms with E-state index >= 15 is 0 Å². The van der Waals surface area contributed by atoms with Crippen LogP contribution >= 0.6 is 0 Å². The Bertz CT molecular complexity index is 839. The Kier molecular flexibility index (Phi) is 6.02. The number of hydrogen-bond donors (Lipinski definition) is 2. The highest BCUT2D eigenvalue weighted by molar-refractivity contribution is 6.43. The van der Waals surface area contributed by atoms with Crippen molar-refractivity contribution in [1.82, 2.24) is 10.7 Å². The molecular formula is C22H35N3O8. The molecule has 0 bridgehead atoms. The van der Waals surface area contributed by atoms with Gasteiger partial charge in [0, 0.05) is 6.54 Å². The Morgan fingerprint density at radius 2 is 1.61 bits per heavy atom. The Morgan fingerprint density at radius 3 is 2.27 bits per heavy atom. The Balaban J connectivity index is 1.46. The molecule has 186 valence electrons. The molecule has 0 aliphatic carbocycles. The first kappa shape index (κ1) is 24.3. The molecule has 4 rings (SSSR count). The molecule has 0 aromatic heterocycles. The zero-order valence-corrected chi connectivity index (χ0v) is 20.5. The molecule has 3 fully saturated rings. The van der Waals surface area contributed by atoms with Gasteiger partial charge in [0.15, 0.2) is 17.9 Å². The normalized spacial score (nSPS) is 37.7. The standard InChI is InChI=1S/C22H35N3O8/c1-10(2)28-18(27)12-13(24-25-20(12,3)4)17(26)23-9-11-14-15(31-21(5,6)30-14)16-19(29-11)33-22(7,8)32-16/h10-12,14-16,19,25H,9H2,1-8H3,(H,23,26)/t11-,12+,14+,15+,16-,19-/m1/s1. The molecule has 1 amide bonds. The monoisotopic (exact) mass is 469 g/mol. The minimum Gasteiger partial charge on any atom is -0.462 e. The number of fused-ring (bicyclic) bond motifs is 3. The van der Waals surface area contributed by atoms with Gasteiger partial charge in [0.25, 0.3) is 5.91 Å². The topological polar surface area (TPSA) is 126 Å². The maximum Gasteiger partial charge on any atom is 0.318 e. The molecule has 33 heavy (non-hydrogen) atoms. The number of ether oxygens (including phenoxy) is 6. The third-order valence-electron chi connectivity index (χ3n) is 5.99. The number of carbonyl (C=O) groups excluding carboxylic acids is 2. The number of carbonyl (C=O) groups is 2. The molecule has 0 unspecified atom stereocenters. The summed E-state index contributed by atoms with van der Waals surface area (Å²) in [6.07, 6.45) is -2.85. The molecule has 0 aromatic carbocycles. The van der Waals surface area contributed by atoms with E-state index in [1.165, 1.54) is 0 Å². The number of rotatable bonds is 5. The number of nitrogens with zero attached hydrogens (tertiary/aromatic N) is 1. The van der Waals surface area contributed by atoms with Crippen molar-refractivity contribution in [2.45, 2.75) is 109 Å². The molecule has 3 saturated heterocycles. The second-order valence-electron chi connectivity index (χ2n) is 10.7. The van der Waals surface area contributed by atoms with Crippen LogP contribution in [0, 0.1) is 5.92 Å². The predicted octanol–water partition coefficient (Wildman–Crippen LogP) is 0.805. The van der Waals surface area contributed by atoms with Gasteiger partial charge in [-0.05, 0) is 55.4 Å². The van der Waals surface area contributed by atoms with Gasteiger partial charge in [0.05, 0.1) is 11.6 Å². The van der Waals surface area contributed by atoms with Crippen LogP contribution in [0.3, 0.4) is 0 Å². The second kappa shape index (κ2) is 8.16. The highest BCUT2D eigenvalue weighted by Crippen LogP contribution is 2.44. The van der Waals surface area contributed by atoms with Gasteiger partial charge < -0.3 is 39.2 Å². The SMILES string of the molecule is CC(C)OC(=O)[C@@H]1C(C(=O)NC[C@H]2O[C@@H]3OC(C)(C)O[C@@H]3[C@H]3OC(C)(C)O[C@H]32)=NNC1(C)C. The van der Waals surface area contributed by atoms with E-state index in [2.05, 4.69) is 15.8 Å². The summed E-state index contributed by atoms with van der Waals surface area (Å²) < 4.78 is 35.5. The number of hydrogen-bond acceptors (Lipinski definition) is 10. The molecule has 2 N–H and O–H groups in total. The quantitative estimate of drug-likeness (QED) is 0.562. The number of hydrazone groups is 1. The Labute approximate surface area is 193 Å². The fourth-order valence-corrected chi connectivity index (χ4v) is 4.71. The van der Waals surface area contributed by atoms with Crippen molar-refractivity contribution in [1.29, 1.82) is 0 Å². The van der Waals surface area contributed by atoms with Crippen LogP contribution in [0.5, 0.6) is 0 Å². The van der Waals surface area contributed by atoms with E-state index in [-0.39, 0.29) is 18.4 Å². The second-order valence-corrected chi connectivity index (χ2v) is 10.7. The van der Waals surface area contributed by atoms with Gasteiger partial charge in [0.2, 0.25) is 0 Å². The maximum absolute atomic E-state index is 13.1. The lowest BCUT2D eigenvalue weighted by atomic mass is 9.85. The molecular weight excluding hydrogens is 434 g/mol. The highest BCUT2D eigenvalue weighted by Gasteiger charge is 2.60. The first-order chi connectivity index (χ1) is 15.2. The minimum absolute atomic E-state index is 0.0707. The number of amides is 1. The molecule has 0 aromatic rings. The van der Waals surface area contributed by atoms with Gasteiger partial charge in [-0.15, -0.1) is 0 Å². The van der Waals surface area contributed by atoms with Crippen LogP contribution in [-0.2, 0) is 38.0 Å². The third kappa shape index (κ3) is 4.74. The van der Waals surface area contributed by atoms with Crippen molar-refractivity contribution in [3.8, 4) is 0 Å². The fraction of sp³-hybridized carbons (Fsp3) is 0.864. The fourth-order valence-electron chi connectivity index (χ4n) is 4.71. The minimum atomic E-state index is -0.846. The van der Waals surface area contributed by atoms with Crippen molar-refractivity contribution in [2.24, 2.45) is 11.0 Å². The van der Waals surface area contributed by atoms with Crippen LogP contribution in [0.1, 0.15) is 55.4 Å². The maximum atomic E-state index is 13.1. The van der Waals surface area contributed by atoms with E-state index in [0.29, 0.717) is 0 Å². The highest BCUT2D eigenvalue weighted by atomic mass is 16.9. The lowest BCUT2D eigenvalue weighted by Gasteiger charge is -2.37. The van der Waals surface area contributed by atoms with E-state index in [0.717, 1.165) is 0 Å². The van der Waals surface area contributed by atoms with Crippen LogP contribution in [0.25, 0.3) is 0 Å². The van der Waals surface area contributed by atoms with Crippen LogP contribution in [0.2, 0.25) is 0 Å². The lowest BCUT2D eigenvalue weighted by molar-refractivity contribution is -0.232. The average Bonchev–Trinajstić information content (AvgIpc) is 3.26. The van der Waals surface area contributed by atoms with Crippen molar-refractivity contribution in [3.63, 3.8) is 0 Å². The number of esters is 1. The zero-order valence-electron chi connectivity index (χ0n) is 20.5. The first-order valence-corrected chi connectivity index (χ1v) is 11.4. The summed E-state index contributed by atoms with van der Waals surface area (Å²) in [5.74, 6) is -3.49. The van der Waals surface area contributed by atoms with Crippen LogP contribution in [0.4, 0.5) is 0 Å². The van der Waals surface area contributed by atoms with Gasteiger partial charge in [-0.3, -0.25) is 9.59 Å². The Hall–Kier alpha value is -1.79. The van der Waals surface area contributed by atoms with Crippen LogP contribution in [-0.4, -0.2) is 78.1 Å². The molecule has 0 spiro atoms.